The van der Waals surface area contributed by atoms with Crippen molar-refractivity contribution < 1.29 is 13.9 Å². The lowest BCUT2D eigenvalue weighted by atomic mass is 9.70. The molecule has 2 bridgehead atoms. The van der Waals surface area contributed by atoms with E-state index >= 15 is 0 Å². The van der Waals surface area contributed by atoms with Gasteiger partial charge in [-0.15, -0.1) is 0 Å². The van der Waals surface area contributed by atoms with Crippen LogP contribution in [-0.4, -0.2) is 25.2 Å². The van der Waals surface area contributed by atoms with Gasteiger partial charge in [-0.05, 0) is 43.4 Å². The van der Waals surface area contributed by atoms with Crippen LogP contribution >= 0.6 is 0 Å². The normalized spacial score (nSPS) is 33.2. The fourth-order valence-corrected chi connectivity index (χ4v) is 3.63. The predicted molar refractivity (Wildman–Crippen MR) is 69.3 cm³/mol. The highest BCUT2D eigenvalue weighted by Gasteiger charge is 2.50. The van der Waals surface area contributed by atoms with Gasteiger partial charge in [-0.2, -0.15) is 0 Å². The number of benzene rings is 1. The number of carbonyl (C=O) groups is 1. The Morgan fingerprint density at radius 1 is 1.26 bits per heavy atom. The Labute approximate surface area is 112 Å². The van der Waals surface area contributed by atoms with E-state index in [2.05, 4.69) is 5.32 Å². The van der Waals surface area contributed by atoms with E-state index in [4.69, 9.17) is 4.74 Å². The summed E-state index contributed by atoms with van der Waals surface area (Å²) in [5.41, 5.74) is 0.263. The molecule has 4 heteroatoms. The van der Waals surface area contributed by atoms with E-state index in [9.17, 15) is 9.18 Å². The third kappa shape index (κ3) is 2.04. The lowest BCUT2D eigenvalue weighted by Crippen LogP contribution is -2.51. The first-order chi connectivity index (χ1) is 9.14. The molecule has 19 heavy (non-hydrogen) atoms. The summed E-state index contributed by atoms with van der Waals surface area (Å²) in [6.07, 6.45) is 3.68. The number of rotatable bonds is 2. The molecule has 1 N–H and O–H groups in total. The molecule has 0 aromatic heterocycles. The van der Waals surface area contributed by atoms with Crippen LogP contribution in [0.4, 0.5) is 4.39 Å². The van der Waals surface area contributed by atoms with Gasteiger partial charge in [0.1, 0.15) is 5.82 Å². The van der Waals surface area contributed by atoms with E-state index < -0.39 is 5.41 Å². The molecule has 1 aromatic rings. The van der Waals surface area contributed by atoms with Crippen molar-refractivity contribution in [1.29, 1.82) is 0 Å². The van der Waals surface area contributed by atoms with Crippen molar-refractivity contribution in [2.24, 2.45) is 0 Å². The van der Waals surface area contributed by atoms with E-state index in [0.717, 1.165) is 31.2 Å². The summed E-state index contributed by atoms with van der Waals surface area (Å²) in [6.45, 7) is 0. The second-order valence-electron chi connectivity index (χ2n) is 5.63. The molecule has 3 rings (SSSR count). The van der Waals surface area contributed by atoms with Crippen LogP contribution in [0.15, 0.2) is 24.3 Å². The Morgan fingerprint density at radius 3 is 2.37 bits per heavy atom. The Bertz CT molecular complexity index is 473. The molecule has 0 aliphatic carbocycles. The first-order valence-corrected chi connectivity index (χ1v) is 6.74. The fourth-order valence-electron chi connectivity index (χ4n) is 3.63. The van der Waals surface area contributed by atoms with Gasteiger partial charge in [0.2, 0.25) is 0 Å². The average Bonchev–Trinajstić information content (AvgIpc) is 2.77. The number of nitrogens with one attached hydrogen (secondary N) is 1. The van der Waals surface area contributed by atoms with Crippen LogP contribution in [0.2, 0.25) is 0 Å². The van der Waals surface area contributed by atoms with E-state index in [-0.39, 0.29) is 11.8 Å². The minimum Gasteiger partial charge on any atom is -0.468 e. The Morgan fingerprint density at radius 2 is 1.84 bits per heavy atom. The van der Waals surface area contributed by atoms with Gasteiger partial charge in [0.05, 0.1) is 12.5 Å². The molecule has 2 saturated heterocycles. The van der Waals surface area contributed by atoms with Crippen LogP contribution < -0.4 is 5.32 Å². The zero-order valence-corrected chi connectivity index (χ0v) is 11.0. The molecule has 2 heterocycles. The highest BCUT2D eigenvalue weighted by atomic mass is 19.1. The maximum atomic E-state index is 13.1. The van der Waals surface area contributed by atoms with Crippen molar-refractivity contribution in [3.63, 3.8) is 0 Å². The Hall–Kier alpha value is -1.42. The summed E-state index contributed by atoms with van der Waals surface area (Å²) in [6, 6.07) is 7.01. The first-order valence-electron chi connectivity index (χ1n) is 6.74. The second-order valence-corrected chi connectivity index (χ2v) is 5.63. The third-order valence-electron chi connectivity index (χ3n) is 4.50. The van der Waals surface area contributed by atoms with E-state index in [1.807, 2.05) is 0 Å². The molecule has 2 unspecified atom stereocenters. The standard InChI is InChI=1S/C15H18FNO2/c1-19-14(18)15(10-2-4-11(16)5-3-10)8-12-6-7-13(9-15)17-12/h2-5,12-13,17H,6-9H2,1H3. The summed E-state index contributed by atoms with van der Waals surface area (Å²) in [5, 5.41) is 3.52. The van der Waals surface area contributed by atoms with Crippen LogP contribution in [0.3, 0.4) is 0 Å². The van der Waals surface area contributed by atoms with E-state index in [0.29, 0.717) is 12.1 Å². The quantitative estimate of drug-likeness (QED) is 0.831. The molecule has 0 amide bonds. The lowest BCUT2D eigenvalue weighted by molar-refractivity contribution is -0.149. The van der Waals surface area contributed by atoms with Gasteiger partial charge in [-0.25, -0.2) is 4.39 Å². The number of esters is 1. The summed E-state index contributed by atoms with van der Waals surface area (Å²) < 4.78 is 18.1. The van der Waals surface area contributed by atoms with Gasteiger partial charge in [0, 0.05) is 12.1 Å². The lowest BCUT2D eigenvalue weighted by Gasteiger charge is -2.39. The molecule has 0 saturated carbocycles. The molecule has 3 nitrogen and oxygen atoms in total. The molecule has 2 atom stereocenters. The SMILES string of the molecule is COC(=O)C1(c2ccc(F)cc2)CC2CCC(C1)N2. The van der Waals surface area contributed by atoms with Gasteiger partial charge >= 0.3 is 5.97 Å². The van der Waals surface area contributed by atoms with Crippen molar-refractivity contribution in [3.05, 3.63) is 35.6 Å². The Balaban J connectivity index is 2.02. The number of hydrogen-bond donors (Lipinski definition) is 1. The van der Waals surface area contributed by atoms with E-state index in [1.54, 1.807) is 12.1 Å². The molecule has 1 aromatic carbocycles. The van der Waals surface area contributed by atoms with Crippen molar-refractivity contribution in [3.8, 4) is 0 Å². The second kappa shape index (κ2) is 4.60. The van der Waals surface area contributed by atoms with Crippen molar-refractivity contribution in [2.45, 2.75) is 43.2 Å². The van der Waals surface area contributed by atoms with Crippen LogP contribution in [0.25, 0.3) is 0 Å². The molecular formula is C15H18FNO2. The van der Waals surface area contributed by atoms with Crippen LogP contribution in [0.1, 0.15) is 31.2 Å². The zero-order valence-electron chi connectivity index (χ0n) is 11.0. The van der Waals surface area contributed by atoms with Crippen molar-refractivity contribution in [2.75, 3.05) is 7.11 Å². The minimum atomic E-state index is -0.612. The molecule has 102 valence electrons. The topological polar surface area (TPSA) is 38.3 Å². The Kier molecular flexibility index (Phi) is 3.05. The summed E-state index contributed by atoms with van der Waals surface area (Å²) >= 11 is 0. The molecular weight excluding hydrogens is 245 g/mol. The minimum absolute atomic E-state index is 0.197. The van der Waals surface area contributed by atoms with Gasteiger partial charge in [0.25, 0.3) is 0 Å². The average molecular weight is 263 g/mol. The van der Waals surface area contributed by atoms with Gasteiger partial charge in [-0.1, -0.05) is 12.1 Å². The smallest absolute Gasteiger partial charge is 0.316 e. The zero-order chi connectivity index (χ0) is 13.5. The first kappa shape index (κ1) is 12.6. The fraction of sp³-hybridized carbons (Fsp3) is 0.533. The maximum absolute atomic E-state index is 13.1. The number of carbonyl (C=O) groups excluding carboxylic acids is 1. The highest BCUT2D eigenvalue weighted by molar-refractivity contribution is 5.83. The largest absolute Gasteiger partial charge is 0.468 e. The van der Waals surface area contributed by atoms with E-state index in [1.165, 1.54) is 19.2 Å². The molecule has 0 spiro atoms. The van der Waals surface area contributed by atoms with Crippen LogP contribution in [0, 0.1) is 5.82 Å². The molecule has 2 fully saturated rings. The molecule has 2 aliphatic heterocycles. The number of ether oxygens (including phenoxy) is 1. The summed E-state index contributed by atoms with van der Waals surface area (Å²) in [5.74, 6) is -0.474. The van der Waals surface area contributed by atoms with Gasteiger partial charge in [-0.3, -0.25) is 4.79 Å². The van der Waals surface area contributed by atoms with Crippen LogP contribution in [-0.2, 0) is 14.9 Å². The predicted octanol–water partition coefficient (Wildman–Crippen LogP) is 2.15. The van der Waals surface area contributed by atoms with Gasteiger partial charge < -0.3 is 10.1 Å². The third-order valence-corrected chi connectivity index (χ3v) is 4.50. The monoisotopic (exact) mass is 263 g/mol. The van der Waals surface area contributed by atoms with Crippen LogP contribution in [0.5, 0.6) is 0 Å². The van der Waals surface area contributed by atoms with Crippen molar-refractivity contribution in [1.82, 2.24) is 5.32 Å². The van der Waals surface area contributed by atoms with Crippen molar-refractivity contribution >= 4 is 5.97 Å². The molecule has 2 aliphatic rings. The molecule has 0 radical (unpaired) electrons. The number of hydrogen-bond acceptors (Lipinski definition) is 3. The summed E-state index contributed by atoms with van der Waals surface area (Å²) in [7, 11) is 1.43. The number of methoxy groups -OCH3 is 1. The number of piperidine rings is 1. The maximum Gasteiger partial charge on any atom is 0.316 e. The van der Waals surface area contributed by atoms with Gasteiger partial charge in [0.15, 0.2) is 0 Å². The summed E-state index contributed by atoms with van der Waals surface area (Å²) in [4.78, 5) is 12.3. The highest BCUT2D eigenvalue weighted by Crippen LogP contribution is 2.43. The number of fused-ring (bicyclic) bond motifs is 2. The number of halogens is 1.